The number of rotatable bonds is 8. The van der Waals surface area contributed by atoms with Gasteiger partial charge >= 0.3 is 0 Å². The highest BCUT2D eigenvalue weighted by atomic mass is 35.5. The third-order valence-electron chi connectivity index (χ3n) is 3.34. The van der Waals surface area contributed by atoms with Gasteiger partial charge in [-0.25, -0.2) is 0 Å². The molecule has 0 aliphatic heterocycles. The number of nitrogens with one attached hydrogen (secondary N) is 2. The lowest BCUT2D eigenvalue weighted by atomic mass is 10.2. The monoisotopic (exact) mass is 396 g/mol. The molecule has 2 rings (SSSR count). The van der Waals surface area contributed by atoms with E-state index < -0.39 is 5.91 Å². The largest absolute Gasteiger partial charge is 0.497 e. The van der Waals surface area contributed by atoms with E-state index in [2.05, 4.69) is 10.6 Å². The van der Waals surface area contributed by atoms with Crippen LogP contribution in [0.1, 0.15) is 5.56 Å². The average Bonchev–Trinajstić information content (AvgIpc) is 2.64. The Hall–Kier alpha value is -2.28. The van der Waals surface area contributed by atoms with E-state index in [0.29, 0.717) is 17.3 Å². The standard InChI is InChI=1S/C18H18Cl2N2O4/c1-25-13-7-5-12(6-8-13)9-21-16(23)10-26-11-17(24)22-15-4-2-3-14(19)18(15)20/h2-8H,9-11H2,1H3,(H,21,23)(H,22,24). The van der Waals surface area contributed by atoms with Crippen molar-refractivity contribution < 1.29 is 19.1 Å². The SMILES string of the molecule is COc1ccc(CNC(=O)COCC(=O)Nc2cccc(Cl)c2Cl)cc1. The molecule has 2 aromatic carbocycles. The Bertz CT molecular complexity index is 766. The average molecular weight is 397 g/mol. The molecule has 0 bridgehead atoms. The van der Waals surface area contributed by atoms with Gasteiger partial charge in [-0.15, -0.1) is 0 Å². The van der Waals surface area contributed by atoms with Crippen molar-refractivity contribution in [1.29, 1.82) is 0 Å². The summed E-state index contributed by atoms with van der Waals surface area (Å²) in [6.45, 7) is -0.151. The Kier molecular flexibility index (Phi) is 7.72. The zero-order valence-corrected chi connectivity index (χ0v) is 15.6. The summed E-state index contributed by atoms with van der Waals surface area (Å²) in [6, 6.07) is 12.2. The van der Waals surface area contributed by atoms with Gasteiger partial charge in [0, 0.05) is 6.54 Å². The number of halogens is 2. The summed E-state index contributed by atoms with van der Waals surface area (Å²) >= 11 is 11.9. The molecule has 0 aromatic heterocycles. The van der Waals surface area contributed by atoms with E-state index in [-0.39, 0.29) is 24.1 Å². The molecule has 0 fully saturated rings. The second kappa shape index (κ2) is 10.0. The van der Waals surface area contributed by atoms with Crippen molar-refractivity contribution >= 4 is 40.7 Å². The maximum atomic E-state index is 11.8. The summed E-state index contributed by atoms with van der Waals surface area (Å²) in [4.78, 5) is 23.6. The fourth-order valence-corrected chi connectivity index (χ4v) is 2.37. The third kappa shape index (κ3) is 6.22. The number of carbonyl (C=O) groups is 2. The molecule has 138 valence electrons. The first-order valence-electron chi connectivity index (χ1n) is 7.71. The second-order valence-electron chi connectivity index (χ2n) is 5.27. The van der Waals surface area contributed by atoms with Crippen LogP contribution in [0.2, 0.25) is 10.0 Å². The summed E-state index contributed by atoms with van der Waals surface area (Å²) in [5.41, 5.74) is 1.31. The molecule has 0 saturated heterocycles. The highest BCUT2D eigenvalue weighted by Crippen LogP contribution is 2.29. The van der Waals surface area contributed by atoms with Gasteiger partial charge < -0.3 is 20.1 Å². The smallest absolute Gasteiger partial charge is 0.250 e. The molecule has 26 heavy (non-hydrogen) atoms. The first-order chi connectivity index (χ1) is 12.5. The Morgan fingerprint density at radius 1 is 1.00 bits per heavy atom. The van der Waals surface area contributed by atoms with Gasteiger partial charge in [0.05, 0.1) is 22.8 Å². The predicted molar refractivity (Wildman–Crippen MR) is 101 cm³/mol. The van der Waals surface area contributed by atoms with Crippen LogP contribution in [0.3, 0.4) is 0 Å². The number of hydrogen-bond donors (Lipinski definition) is 2. The van der Waals surface area contributed by atoms with E-state index in [4.69, 9.17) is 32.7 Å². The minimum absolute atomic E-state index is 0.229. The van der Waals surface area contributed by atoms with Crippen LogP contribution in [0.5, 0.6) is 5.75 Å². The maximum absolute atomic E-state index is 11.8. The normalized spacial score (nSPS) is 10.3. The Morgan fingerprint density at radius 3 is 2.38 bits per heavy atom. The van der Waals surface area contributed by atoms with Gasteiger partial charge in [-0.3, -0.25) is 9.59 Å². The third-order valence-corrected chi connectivity index (χ3v) is 4.16. The minimum atomic E-state index is -0.433. The van der Waals surface area contributed by atoms with Gasteiger partial charge in [0.2, 0.25) is 11.8 Å². The first kappa shape index (κ1) is 20.0. The summed E-state index contributed by atoms with van der Waals surface area (Å²) in [6.07, 6.45) is 0. The van der Waals surface area contributed by atoms with Crippen LogP contribution in [0.4, 0.5) is 5.69 Å². The van der Waals surface area contributed by atoms with Crippen LogP contribution in [-0.2, 0) is 20.9 Å². The molecule has 0 spiro atoms. The molecule has 0 radical (unpaired) electrons. The van der Waals surface area contributed by atoms with Crippen molar-refractivity contribution in [2.75, 3.05) is 25.6 Å². The van der Waals surface area contributed by atoms with E-state index >= 15 is 0 Å². The molecule has 0 unspecified atom stereocenters. The lowest BCUT2D eigenvalue weighted by Crippen LogP contribution is -2.29. The van der Waals surface area contributed by atoms with Gasteiger partial charge in [-0.2, -0.15) is 0 Å². The summed E-state index contributed by atoms with van der Waals surface area (Å²) in [5.74, 6) is -0.0132. The van der Waals surface area contributed by atoms with E-state index in [1.807, 2.05) is 24.3 Å². The molecule has 2 aromatic rings. The molecule has 2 amide bonds. The first-order valence-corrected chi connectivity index (χ1v) is 8.46. The molecule has 8 heteroatoms. The van der Waals surface area contributed by atoms with Crippen molar-refractivity contribution in [1.82, 2.24) is 5.32 Å². The molecular formula is C18H18Cl2N2O4. The van der Waals surface area contributed by atoms with Crippen LogP contribution in [-0.4, -0.2) is 32.1 Å². The van der Waals surface area contributed by atoms with Gasteiger partial charge in [-0.05, 0) is 29.8 Å². The number of anilines is 1. The molecular weight excluding hydrogens is 379 g/mol. The Labute approximate surface area is 161 Å². The predicted octanol–water partition coefficient (Wildman–Crippen LogP) is 3.27. The van der Waals surface area contributed by atoms with E-state index in [9.17, 15) is 9.59 Å². The number of methoxy groups -OCH3 is 1. The summed E-state index contributed by atoms with van der Waals surface area (Å²) in [7, 11) is 1.59. The second-order valence-corrected chi connectivity index (χ2v) is 6.05. The van der Waals surface area contributed by atoms with Crippen molar-refractivity contribution in [3.05, 3.63) is 58.1 Å². The lowest BCUT2D eigenvalue weighted by molar-refractivity contribution is -0.128. The zero-order valence-electron chi connectivity index (χ0n) is 14.1. The van der Waals surface area contributed by atoms with Crippen LogP contribution in [0.15, 0.2) is 42.5 Å². The van der Waals surface area contributed by atoms with Crippen LogP contribution in [0.25, 0.3) is 0 Å². The van der Waals surface area contributed by atoms with Gasteiger partial charge in [0.15, 0.2) is 0 Å². The van der Waals surface area contributed by atoms with Crippen LogP contribution >= 0.6 is 23.2 Å². The summed E-state index contributed by atoms with van der Waals surface area (Å²) in [5, 5.41) is 5.86. The number of ether oxygens (including phenoxy) is 2. The molecule has 0 saturated carbocycles. The van der Waals surface area contributed by atoms with Crippen LogP contribution < -0.4 is 15.4 Å². The van der Waals surface area contributed by atoms with E-state index in [0.717, 1.165) is 11.3 Å². The Morgan fingerprint density at radius 2 is 1.69 bits per heavy atom. The highest BCUT2D eigenvalue weighted by Gasteiger charge is 2.09. The quantitative estimate of drug-likeness (QED) is 0.717. The van der Waals surface area contributed by atoms with Crippen molar-refractivity contribution in [3.63, 3.8) is 0 Å². The molecule has 2 N–H and O–H groups in total. The number of amides is 2. The van der Waals surface area contributed by atoms with E-state index in [1.165, 1.54) is 0 Å². The lowest BCUT2D eigenvalue weighted by Gasteiger charge is -2.09. The fourth-order valence-electron chi connectivity index (χ4n) is 2.02. The molecule has 6 nitrogen and oxygen atoms in total. The Balaban J connectivity index is 1.68. The topological polar surface area (TPSA) is 76.7 Å². The number of benzene rings is 2. The van der Waals surface area contributed by atoms with Crippen molar-refractivity contribution in [3.8, 4) is 5.75 Å². The summed E-state index contributed by atoms with van der Waals surface area (Å²) < 4.78 is 10.2. The van der Waals surface area contributed by atoms with Gasteiger partial charge in [0.1, 0.15) is 19.0 Å². The number of carbonyl (C=O) groups excluding carboxylic acids is 2. The maximum Gasteiger partial charge on any atom is 0.250 e. The van der Waals surface area contributed by atoms with Crippen LogP contribution in [0, 0.1) is 0 Å². The highest BCUT2D eigenvalue weighted by molar-refractivity contribution is 6.43. The van der Waals surface area contributed by atoms with Gasteiger partial charge in [-0.1, -0.05) is 41.4 Å². The van der Waals surface area contributed by atoms with Crippen molar-refractivity contribution in [2.24, 2.45) is 0 Å². The fraction of sp³-hybridized carbons (Fsp3) is 0.222. The zero-order chi connectivity index (χ0) is 18.9. The number of hydrogen-bond acceptors (Lipinski definition) is 4. The molecule has 0 heterocycles. The molecule has 0 aliphatic carbocycles. The molecule has 0 atom stereocenters. The van der Waals surface area contributed by atoms with E-state index in [1.54, 1.807) is 25.3 Å². The van der Waals surface area contributed by atoms with Crippen molar-refractivity contribution in [2.45, 2.75) is 6.54 Å². The molecule has 0 aliphatic rings. The minimum Gasteiger partial charge on any atom is -0.497 e. The van der Waals surface area contributed by atoms with Gasteiger partial charge in [0.25, 0.3) is 0 Å².